The average Bonchev–Trinajstić information content (AvgIpc) is 3.07. The fraction of sp³-hybridized carbons (Fsp3) is 0.312. The van der Waals surface area contributed by atoms with Gasteiger partial charge in [0.05, 0.1) is 18.1 Å². The Hall–Kier alpha value is -2.67. The lowest BCUT2D eigenvalue weighted by Gasteiger charge is -2.21. The second-order valence-corrected chi connectivity index (χ2v) is 5.59. The molecule has 3 rings (SSSR count). The second kappa shape index (κ2) is 5.85. The number of carboxylic acid groups (broad SMARTS) is 1. The fourth-order valence-electron chi connectivity index (χ4n) is 3.02. The van der Waals surface area contributed by atoms with Crippen LogP contribution in [0, 0.1) is 11.8 Å². The van der Waals surface area contributed by atoms with E-state index >= 15 is 0 Å². The van der Waals surface area contributed by atoms with Crippen LogP contribution in [0.1, 0.15) is 6.92 Å². The van der Waals surface area contributed by atoms with E-state index in [4.69, 9.17) is 4.74 Å². The summed E-state index contributed by atoms with van der Waals surface area (Å²) in [6.07, 6.45) is 2.34. The number of nitrogens with one attached hydrogen (secondary N) is 2. The van der Waals surface area contributed by atoms with Crippen LogP contribution in [-0.4, -0.2) is 35.1 Å². The molecule has 1 saturated heterocycles. The van der Waals surface area contributed by atoms with Gasteiger partial charge >= 0.3 is 5.97 Å². The van der Waals surface area contributed by atoms with E-state index < -0.39 is 35.9 Å². The molecule has 0 aliphatic carbocycles. The first-order valence-corrected chi connectivity index (χ1v) is 7.21. The van der Waals surface area contributed by atoms with Crippen molar-refractivity contribution in [2.24, 2.45) is 11.8 Å². The summed E-state index contributed by atoms with van der Waals surface area (Å²) >= 11 is 0. The Morgan fingerprint density at radius 3 is 2.26 bits per heavy atom. The highest BCUT2D eigenvalue weighted by Crippen LogP contribution is 2.39. The van der Waals surface area contributed by atoms with Gasteiger partial charge in [0.2, 0.25) is 11.8 Å². The SMILES string of the molecule is CC(=O)Nc1cccc(NC(=O)[C@H]2[C@@H](C(=O)O)[C@H]3C=C[C@H]2O3)c1. The molecular weight excluding hydrogens is 300 g/mol. The summed E-state index contributed by atoms with van der Waals surface area (Å²) in [5, 5.41) is 14.6. The van der Waals surface area contributed by atoms with E-state index in [1.165, 1.54) is 6.92 Å². The van der Waals surface area contributed by atoms with Gasteiger partial charge < -0.3 is 20.5 Å². The zero-order chi connectivity index (χ0) is 16.6. The Morgan fingerprint density at radius 2 is 1.65 bits per heavy atom. The third kappa shape index (κ3) is 2.95. The number of ether oxygens (including phenoxy) is 1. The summed E-state index contributed by atoms with van der Waals surface area (Å²) in [6, 6.07) is 6.66. The minimum atomic E-state index is -1.05. The molecule has 120 valence electrons. The van der Waals surface area contributed by atoms with Crippen LogP contribution < -0.4 is 10.6 Å². The highest BCUT2D eigenvalue weighted by Gasteiger charge is 2.53. The smallest absolute Gasteiger partial charge is 0.310 e. The van der Waals surface area contributed by atoms with Crippen LogP contribution >= 0.6 is 0 Å². The van der Waals surface area contributed by atoms with Crippen molar-refractivity contribution in [3.8, 4) is 0 Å². The van der Waals surface area contributed by atoms with Crippen molar-refractivity contribution in [3.63, 3.8) is 0 Å². The molecule has 2 aliphatic heterocycles. The molecule has 0 aromatic heterocycles. The molecule has 7 heteroatoms. The van der Waals surface area contributed by atoms with Crippen LogP contribution in [0.2, 0.25) is 0 Å². The Morgan fingerprint density at radius 1 is 1.04 bits per heavy atom. The van der Waals surface area contributed by atoms with Gasteiger partial charge in [-0.05, 0) is 18.2 Å². The average molecular weight is 316 g/mol. The topological polar surface area (TPSA) is 105 Å². The van der Waals surface area contributed by atoms with Gasteiger partial charge in [-0.15, -0.1) is 0 Å². The van der Waals surface area contributed by atoms with Gasteiger partial charge in [-0.2, -0.15) is 0 Å². The van der Waals surface area contributed by atoms with Crippen molar-refractivity contribution in [1.82, 2.24) is 0 Å². The monoisotopic (exact) mass is 316 g/mol. The minimum absolute atomic E-state index is 0.217. The number of carbonyl (C=O) groups is 3. The van der Waals surface area contributed by atoms with Crippen LogP contribution in [0.3, 0.4) is 0 Å². The van der Waals surface area contributed by atoms with Gasteiger partial charge in [-0.3, -0.25) is 14.4 Å². The molecule has 0 saturated carbocycles. The van der Waals surface area contributed by atoms with Crippen LogP contribution in [-0.2, 0) is 19.1 Å². The number of anilines is 2. The fourth-order valence-corrected chi connectivity index (χ4v) is 3.02. The van der Waals surface area contributed by atoms with Gasteiger partial charge in [-0.25, -0.2) is 0 Å². The maximum absolute atomic E-state index is 12.5. The summed E-state index contributed by atoms with van der Waals surface area (Å²) in [4.78, 5) is 34.9. The largest absolute Gasteiger partial charge is 0.481 e. The molecular formula is C16H16N2O5. The number of fused-ring (bicyclic) bond motifs is 2. The van der Waals surface area contributed by atoms with Crippen molar-refractivity contribution < 1.29 is 24.2 Å². The summed E-state index contributed by atoms with van der Waals surface area (Å²) < 4.78 is 5.48. The predicted molar refractivity (Wildman–Crippen MR) is 81.8 cm³/mol. The Kier molecular flexibility index (Phi) is 3.87. The van der Waals surface area contributed by atoms with E-state index in [-0.39, 0.29) is 5.91 Å². The van der Waals surface area contributed by atoms with Crippen molar-refractivity contribution in [1.29, 1.82) is 0 Å². The van der Waals surface area contributed by atoms with Gasteiger partial charge in [0.15, 0.2) is 0 Å². The van der Waals surface area contributed by atoms with Gasteiger partial charge in [0, 0.05) is 18.3 Å². The lowest BCUT2D eigenvalue weighted by molar-refractivity contribution is -0.145. The lowest BCUT2D eigenvalue weighted by atomic mass is 9.82. The Labute approximate surface area is 132 Å². The lowest BCUT2D eigenvalue weighted by Crippen LogP contribution is -2.39. The van der Waals surface area contributed by atoms with E-state index in [0.717, 1.165) is 0 Å². The molecule has 7 nitrogen and oxygen atoms in total. The quantitative estimate of drug-likeness (QED) is 0.725. The molecule has 1 fully saturated rings. The molecule has 4 atom stereocenters. The minimum Gasteiger partial charge on any atom is -0.481 e. The Bertz CT molecular complexity index is 699. The standard InChI is InChI=1S/C16H16N2O5/c1-8(19)17-9-3-2-4-10(7-9)18-15(20)13-11-5-6-12(23-11)14(13)16(21)22/h2-7,11-14H,1H3,(H,17,19)(H,18,20)(H,21,22)/t11-,12-,13-,14+/m1/s1. The summed E-state index contributed by atoms with van der Waals surface area (Å²) in [5.41, 5.74) is 1.03. The molecule has 2 heterocycles. The first kappa shape index (κ1) is 15.2. The third-order valence-corrected chi connectivity index (χ3v) is 3.94. The van der Waals surface area contributed by atoms with Crippen LogP contribution in [0.4, 0.5) is 11.4 Å². The zero-order valence-electron chi connectivity index (χ0n) is 12.4. The molecule has 2 amide bonds. The third-order valence-electron chi connectivity index (χ3n) is 3.94. The number of benzene rings is 1. The first-order valence-electron chi connectivity index (χ1n) is 7.21. The summed E-state index contributed by atoms with van der Waals surface area (Å²) in [5.74, 6) is -3.33. The molecule has 2 aliphatic rings. The number of aliphatic carboxylic acids is 1. The van der Waals surface area contributed by atoms with Gasteiger partial charge in [-0.1, -0.05) is 18.2 Å². The van der Waals surface area contributed by atoms with E-state index in [2.05, 4.69) is 10.6 Å². The van der Waals surface area contributed by atoms with Gasteiger partial charge in [0.25, 0.3) is 0 Å². The molecule has 1 aromatic carbocycles. The first-order chi connectivity index (χ1) is 11.0. The van der Waals surface area contributed by atoms with Crippen molar-refractivity contribution in [2.45, 2.75) is 19.1 Å². The highest BCUT2D eigenvalue weighted by molar-refractivity contribution is 5.97. The maximum Gasteiger partial charge on any atom is 0.310 e. The number of carbonyl (C=O) groups excluding carboxylic acids is 2. The van der Waals surface area contributed by atoms with E-state index in [9.17, 15) is 19.5 Å². The van der Waals surface area contributed by atoms with Crippen LogP contribution in [0.15, 0.2) is 36.4 Å². The van der Waals surface area contributed by atoms with E-state index in [1.54, 1.807) is 36.4 Å². The molecule has 3 N–H and O–H groups in total. The number of rotatable bonds is 4. The zero-order valence-corrected chi connectivity index (χ0v) is 12.4. The van der Waals surface area contributed by atoms with E-state index in [0.29, 0.717) is 11.4 Å². The van der Waals surface area contributed by atoms with Crippen LogP contribution in [0.5, 0.6) is 0 Å². The van der Waals surface area contributed by atoms with Crippen LogP contribution in [0.25, 0.3) is 0 Å². The van der Waals surface area contributed by atoms with Crippen molar-refractivity contribution in [3.05, 3.63) is 36.4 Å². The number of hydrogen-bond acceptors (Lipinski definition) is 4. The number of amides is 2. The molecule has 2 bridgehead atoms. The van der Waals surface area contributed by atoms with Gasteiger partial charge in [0.1, 0.15) is 5.92 Å². The molecule has 0 unspecified atom stereocenters. The Balaban J connectivity index is 1.75. The number of hydrogen-bond donors (Lipinski definition) is 3. The second-order valence-electron chi connectivity index (χ2n) is 5.59. The molecule has 1 aromatic rings. The molecule has 0 spiro atoms. The molecule has 0 radical (unpaired) electrons. The number of carboxylic acids is 1. The summed E-state index contributed by atoms with van der Waals surface area (Å²) in [7, 11) is 0. The van der Waals surface area contributed by atoms with E-state index in [1.807, 2.05) is 0 Å². The predicted octanol–water partition coefficient (Wildman–Crippen LogP) is 1.24. The maximum atomic E-state index is 12.5. The highest BCUT2D eigenvalue weighted by atomic mass is 16.5. The normalized spacial score (nSPS) is 27.7. The van der Waals surface area contributed by atoms with Crippen molar-refractivity contribution >= 4 is 29.2 Å². The van der Waals surface area contributed by atoms with Crippen molar-refractivity contribution in [2.75, 3.05) is 10.6 Å². The molecule has 23 heavy (non-hydrogen) atoms. The summed E-state index contributed by atoms with van der Waals surface area (Å²) in [6.45, 7) is 1.39.